The minimum Gasteiger partial charge on any atom is -0.343 e. The number of hydrogen-bond donors (Lipinski definition) is 2. The van der Waals surface area contributed by atoms with Gasteiger partial charge in [0.15, 0.2) is 0 Å². The molecule has 234 valence electrons. The molecule has 0 saturated carbocycles. The van der Waals surface area contributed by atoms with E-state index in [1.165, 1.54) is 0 Å². The van der Waals surface area contributed by atoms with Gasteiger partial charge in [-0.2, -0.15) is 0 Å². The summed E-state index contributed by atoms with van der Waals surface area (Å²) in [4.78, 5) is 45.2. The smallest absolute Gasteiger partial charge is 0.254 e. The van der Waals surface area contributed by atoms with Crippen LogP contribution in [0.3, 0.4) is 0 Å². The number of carbonyl (C=O) groups excluding carboxylic acids is 3. The Balaban J connectivity index is 1.37. The quantitative estimate of drug-likeness (QED) is 0.219. The summed E-state index contributed by atoms with van der Waals surface area (Å²) in [5.41, 5.74) is 2.96. The highest BCUT2D eigenvalue weighted by molar-refractivity contribution is 6.07. The first-order valence-electron chi connectivity index (χ1n) is 16.1. The van der Waals surface area contributed by atoms with Crippen LogP contribution in [-0.2, 0) is 22.4 Å². The van der Waals surface area contributed by atoms with E-state index in [9.17, 15) is 14.4 Å². The zero-order valence-electron chi connectivity index (χ0n) is 26.3. The highest BCUT2D eigenvalue weighted by atomic mass is 16.2. The number of aryl methyl sites for hydroxylation is 1. The lowest BCUT2D eigenvalue weighted by atomic mass is 10.0. The van der Waals surface area contributed by atoms with Crippen LogP contribution < -0.4 is 10.6 Å². The Labute approximate surface area is 266 Å². The topological polar surface area (TPSA) is 81.8 Å². The van der Waals surface area contributed by atoms with Crippen LogP contribution in [0.15, 0.2) is 103 Å². The van der Waals surface area contributed by atoms with Crippen LogP contribution in [0.1, 0.15) is 47.7 Å². The largest absolute Gasteiger partial charge is 0.343 e. The molecule has 1 fully saturated rings. The Morgan fingerprint density at radius 2 is 1.49 bits per heavy atom. The van der Waals surface area contributed by atoms with Gasteiger partial charge in [-0.1, -0.05) is 97.1 Å². The van der Waals surface area contributed by atoms with Crippen molar-refractivity contribution in [3.63, 3.8) is 0 Å². The Kier molecular flexibility index (Phi) is 11.0. The lowest BCUT2D eigenvalue weighted by molar-refractivity contribution is -0.137. The van der Waals surface area contributed by atoms with Crippen molar-refractivity contribution in [3.8, 4) is 0 Å². The first kappa shape index (κ1) is 31.9. The Hall–Kier alpha value is -4.49. The molecule has 4 aromatic carbocycles. The molecule has 1 heterocycles. The molecular formula is C38H44N4O3. The van der Waals surface area contributed by atoms with Crippen LogP contribution in [0.5, 0.6) is 0 Å². The molecule has 3 atom stereocenters. The summed E-state index contributed by atoms with van der Waals surface area (Å²) in [6, 6.07) is 32.8. The van der Waals surface area contributed by atoms with Crippen molar-refractivity contribution in [1.82, 2.24) is 20.4 Å². The fourth-order valence-electron chi connectivity index (χ4n) is 6.18. The highest BCUT2D eigenvalue weighted by Crippen LogP contribution is 2.24. The Bertz CT molecular complexity index is 1570. The lowest BCUT2D eigenvalue weighted by Gasteiger charge is -2.34. The van der Waals surface area contributed by atoms with Gasteiger partial charge in [0.25, 0.3) is 5.91 Å². The zero-order valence-corrected chi connectivity index (χ0v) is 26.3. The molecule has 0 spiro atoms. The van der Waals surface area contributed by atoms with E-state index < -0.39 is 12.1 Å². The van der Waals surface area contributed by atoms with Gasteiger partial charge in [0.05, 0.1) is 6.04 Å². The predicted molar refractivity (Wildman–Crippen MR) is 180 cm³/mol. The van der Waals surface area contributed by atoms with Gasteiger partial charge in [0.1, 0.15) is 6.04 Å². The van der Waals surface area contributed by atoms with E-state index in [1.54, 1.807) is 14.0 Å². The number of likely N-dealkylation sites (tertiary alicyclic amines) is 1. The minimum atomic E-state index is -0.652. The highest BCUT2D eigenvalue weighted by Gasteiger charge is 2.36. The monoisotopic (exact) mass is 604 g/mol. The number of amides is 3. The summed E-state index contributed by atoms with van der Waals surface area (Å²) in [6.45, 7) is 3.37. The number of nitrogens with one attached hydrogen (secondary N) is 2. The van der Waals surface area contributed by atoms with E-state index in [4.69, 9.17) is 0 Å². The number of hydrogen-bond acceptors (Lipinski definition) is 4. The van der Waals surface area contributed by atoms with Crippen molar-refractivity contribution in [3.05, 3.63) is 120 Å². The van der Waals surface area contributed by atoms with Gasteiger partial charge in [-0.05, 0) is 74.0 Å². The summed E-state index contributed by atoms with van der Waals surface area (Å²) in [5.74, 6) is -0.306. The molecule has 2 N–H and O–H groups in total. The van der Waals surface area contributed by atoms with Crippen LogP contribution in [-0.4, -0.2) is 72.3 Å². The summed E-state index contributed by atoms with van der Waals surface area (Å²) in [7, 11) is 1.73. The molecule has 0 aromatic heterocycles. The second kappa shape index (κ2) is 15.5. The lowest BCUT2D eigenvalue weighted by Crippen LogP contribution is -2.55. The van der Waals surface area contributed by atoms with Gasteiger partial charge in [-0.15, -0.1) is 0 Å². The van der Waals surface area contributed by atoms with E-state index in [0.717, 1.165) is 41.2 Å². The first-order valence-corrected chi connectivity index (χ1v) is 16.1. The van der Waals surface area contributed by atoms with E-state index in [1.807, 2.05) is 101 Å². The predicted octanol–water partition coefficient (Wildman–Crippen LogP) is 5.24. The molecule has 0 unspecified atom stereocenters. The average molecular weight is 605 g/mol. The van der Waals surface area contributed by atoms with Crippen molar-refractivity contribution < 1.29 is 14.4 Å². The van der Waals surface area contributed by atoms with Crippen molar-refractivity contribution in [2.45, 2.75) is 57.2 Å². The Morgan fingerprint density at radius 1 is 0.844 bits per heavy atom. The van der Waals surface area contributed by atoms with Crippen LogP contribution in [0.2, 0.25) is 0 Å². The SMILES string of the molecule is CN[C@@H](C)C(=O)N[C@@H](CCc1ccccc1)C(=O)N1CCC[C@H]1CN(CCc1ccccc1)C(=O)c1cccc2ccccc12. The Morgan fingerprint density at radius 3 is 2.20 bits per heavy atom. The van der Waals surface area contributed by atoms with Crippen molar-refractivity contribution in [2.24, 2.45) is 0 Å². The van der Waals surface area contributed by atoms with E-state index in [0.29, 0.717) is 38.0 Å². The van der Waals surface area contributed by atoms with Gasteiger partial charge in [0, 0.05) is 31.2 Å². The van der Waals surface area contributed by atoms with Crippen LogP contribution in [0.25, 0.3) is 10.8 Å². The van der Waals surface area contributed by atoms with E-state index in [2.05, 4.69) is 22.8 Å². The molecule has 1 aliphatic rings. The van der Waals surface area contributed by atoms with Crippen molar-refractivity contribution in [2.75, 3.05) is 26.7 Å². The second-order valence-corrected chi connectivity index (χ2v) is 11.9. The average Bonchev–Trinajstić information content (AvgIpc) is 3.56. The van der Waals surface area contributed by atoms with Crippen LogP contribution in [0, 0.1) is 0 Å². The van der Waals surface area contributed by atoms with Gasteiger partial charge in [-0.3, -0.25) is 14.4 Å². The summed E-state index contributed by atoms with van der Waals surface area (Å²) < 4.78 is 0. The summed E-state index contributed by atoms with van der Waals surface area (Å²) in [6.07, 6.45) is 3.56. The number of carbonyl (C=O) groups is 3. The number of likely N-dealkylation sites (N-methyl/N-ethyl adjacent to an activating group) is 1. The molecule has 4 aromatic rings. The number of benzene rings is 4. The fraction of sp³-hybridized carbons (Fsp3) is 0.342. The molecule has 1 saturated heterocycles. The minimum absolute atomic E-state index is 0.0289. The third-order valence-electron chi connectivity index (χ3n) is 8.92. The maximum absolute atomic E-state index is 14.2. The number of rotatable bonds is 13. The van der Waals surface area contributed by atoms with Gasteiger partial charge in [-0.25, -0.2) is 0 Å². The molecule has 7 heteroatoms. The molecule has 1 aliphatic heterocycles. The number of nitrogens with zero attached hydrogens (tertiary/aromatic N) is 2. The van der Waals surface area contributed by atoms with Gasteiger partial charge in [0.2, 0.25) is 11.8 Å². The van der Waals surface area contributed by atoms with Crippen molar-refractivity contribution >= 4 is 28.5 Å². The molecule has 3 amide bonds. The van der Waals surface area contributed by atoms with Gasteiger partial charge < -0.3 is 20.4 Å². The molecule has 0 bridgehead atoms. The third-order valence-corrected chi connectivity index (χ3v) is 8.92. The normalized spacial score (nSPS) is 15.9. The van der Waals surface area contributed by atoms with E-state index >= 15 is 0 Å². The standard InChI is InChI=1S/C38H44N4O3/c1-28(39-2)36(43)40-35(23-22-29-13-5-3-6-14-29)38(45)42-25-12-19-32(42)27-41(26-24-30-15-7-4-8-16-30)37(44)34-21-11-18-31-17-9-10-20-33(31)34/h3-11,13-18,20-21,28,32,35,39H,12,19,22-27H2,1-2H3,(H,40,43)/t28-,32-,35-/m0/s1. The van der Waals surface area contributed by atoms with Crippen LogP contribution >= 0.6 is 0 Å². The molecule has 0 radical (unpaired) electrons. The van der Waals surface area contributed by atoms with Gasteiger partial charge >= 0.3 is 0 Å². The molecule has 45 heavy (non-hydrogen) atoms. The van der Waals surface area contributed by atoms with E-state index in [-0.39, 0.29) is 23.8 Å². The summed E-state index contributed by atoms with van der Waals surface area (Å²) >= 11 is 0. The first-order chi connectivity index (χ1) is 21.9. The third kappa shape index (κ3) is 8.17. The molecule has 7 nitrogen and oxygen atoms in total. The van der Waals surface area contributed by atoms with Crippen LogP contribution in [0.4, 0.5) is 0 Å². The molecule has 0 aliphatic carbocycles. The zero-order chi connectivity index (χ0) is 31.6. The maximum Gasteiger partial charge on any atom is 0.254 e. The number of fused-ring (bicyclic) bond motifs is 1. The molecular weight excluding hydrogens is 560 g/mol. The maximum atomic E-state index is 14.2. The summed E-state index contributed by atoms with van der Waals surface area (Å²) in [5, 5.41) is 7.96. The van der Waals surface area contributed by atoms with Crippen molar-refractivity contribution in [1.29, 1.82) is 0 Å². The fourth-order valence-corrected chi connectivity index (χ4v) is 6.18. The molecule has 5 rings (SSSR count). The second-order valence-electron chi connectivity index (χ2n) is 11.9.